The van der Waals surface area contributed by atoms with Gasteiger partial charge in [-0.25, -0.2) is 4.99 Å². The van der Waals surface area contributed by atoms with E-state index in [0.29, 0.717) is 15.6 Å². The van der Waals surface area contributed by atoms with Crippen LogP contribution in [0.1, 0.15) is 5.56 Å². The number of fused-ring (bicyclic) bond motifs is 1. The normalized spacial score (nSPS) is 16.8. The van der Waals surface area contributed by atoms with Crippen molar-refractivity contribution in [2.75, 3.05) is 0 Å². The number of nitro benzene ring substituents is 1. The zero-order valence-electron chi connectivity index (χ0n) is 14.0. The van der Waals surface area contributed by atoms with Gasteiger partial charge in [-0.3, -0.25) is 14.9 Å². The van der Waals surface area contributed by atoms with Crippen molar-refractivity contribution < 1.29 is 9.72 Å². The minimum Gasteiger partial charge on any atom is -0.300 e. The molecule has 1 heterocycles. The zero-order valence-corrected chi connectivity index (χ0v) is 14.8. The highest BCUT2D eigenvalue weighted by Gasteiger charge is 2.24. The summed E-state index contributed by atoms with van der Waals surface area (Å²) in [5, 5.41) is 16.3. The average Bonchev–Trinajstić information content (AvgIpc) is 3.00. The Morgan fingerprint density at radius 2 is 1.81 bits per heavy atom. The van der Waals surface area contributed by atoms with Gasteiger partial charge < -0.3 is 5.32 Å². The highest BCUT2D eigenvalue weighted by Crippen LogP contribution is 2.29. The van der Waals surface area contributed by atoms with Crippen molar-refractivity contribution in [3.63, 3.8) is 0 Å². The van der Waals surface area contributed by atoms with Crippen LogP contribution in [-0.2, 0) is 4.79 Å². The van der Waals surface area contributed by atoms with Crippen molar-refractivity contribution in [1.29, 1.82) is 0 Å². The number of rotatable bonds is 3. The van der Waals surface area contributed by atoms with Gasteiger partial charge in [-0.2, -0.15) is 0 Å². The third kappa shape index (κ3) is 3.73. The number of aliphatic imine (C=N–C) groups is 1. The summed E-state index contributed by atoms with van der Waals surface area (Å²) in [5.41, 5.74) is 1.32. The molecule has 0 radical (unpaired) electrons. The van der Waals surface area contributed by atoms with Crippen molar-refractivity contribution >= 4 is 51.1 Å². The number of benzene rings is 3. The van der Waals surface area contributed by atoms with E-state index < -0.39 is 4.92 Å². The maximum atomic E-state index is 12.2. The minimum atomic E-state index is -0.462. The topological polar surface area (TPSA) is 84.6 Å². The Kier molecular flexibility index (Phi) is 4.43. The molecule has 0 atom stereocenters. The summed E-state index contributed by atoms with van der Waals surface area (Å²) < 4.78 is 0. The van der Waals surface area contributed by atoms with Crippen molar-refractivity contribution in [1.82, 2.24) is 5.32 Å². The molecule has 6 nitrogen and oxygen atoms in total. The summed E-state index contributed by atoms with van der Waals surface area (Å²) >= 11 is 1.21. The first-order valence-corrected chi connectivity index (χ1v) is 8.93. The minimum absolute atomic E-state index is 0.0159. The van der Waals surface area contributed by atoms with Crippen LogP contribution < -0.4 is 5.32 Å². The van der Waals surface area contributed by atoms with Crippen molar-refractivity contribution in [2.24, 2.45) is 4.99 Å². The van der Waals surface area contributed by atoms with E-state index in [9.17, 15) is 14.9 Å². The predicted octanol–water partition coefficient (Wildman–Crippen LogP) is 4.64. The fourth-order valence-corrected chi connectivity index (χ4v) is 3.57. The molecule has 0 saturated carbocycles. The Morgan fingerprint density at radius 3 is 2.63 bits per heavy atom. The zero-order chi connectivity index (χ0) is 18.8. The molecule has 1 saturated heterocycles. The molecule has 1 aliphatic rings. The van der Waals surface area contributed by atoms with Gasteiger partial charge in [0.25, 0.3) is 11.6 Å². The van der Waals surface area contributed by atoms with Crippen LogP contribution in [0.4, 0.5) is 11.4 Å². The van der Waals surface area contributed by atoms with Gasteiger partial charge in [0.1, 0.15) is 0 Å². The molecule has 0 bridgehead atoms. The highest BCUT2D eigenvalue weighted by molar-refractivity contribution is 8.18. The smallest absolute Gasteiger partial charge is 0.270 e. The molecule has 3 aromatic carbocycles. The third-order valence-corrected chi connectivity index (χ3v) is 4.90. The standard InChI is InChI=1S/C20H13N3O3S/c24-19-18(11-13-4-3-7-17(10-13)23(25)26)27-20(22-19)21-16-9-8-14-5-1-2-6-15(14)12-16/h1-12H,(H,21,22,24). The molecule has 4 rings (SSSR count). The lowest BCUT2D eigenvalue weighted by Crippen LogP contribution is -2.19. The molecule has 27 heavy (non-hydrogen) atoms. The fraction of sp³-hybridized carbons (Fsp3) is 0. The molecule has 1 aliphatic heterocycles. The summed E-state index contributed by atoms with van der Waals surface area (Å²) in [6.45, 7) is 0. The molecule has 0 aromatic heterocycles. The van der Waals surface area contributed by atoms with Gasteiger partial charge >= 0.3 is 0 Å². The first kappa shape index (κ1) is 17.0. The van der Waals surface area contributed by atoms with Crippen molar-refractivity contribution in [3.05, 3.63) is 87.3 Å². The van der Waals surface area contributed by atoms with Crippen LogP contribution in [0.3, 0.4) is 0 Å². The molecule has 1 amide bonds. The Morgan fingerprint density at radius 1 is 1.00 bits per heavy atom. The largest absolute Gasteiger partial charge is 0.300 e. The number of nitrogens with zero attached hydrogens (tertiary/aromatic N) is 2. The number of carbonyl (C=O) groups is 1. The second kappa shape index (κ2) is 7.05. The lowest BCUT2D eigenvalue weighted by Gasteiger charge is -2.00. The number of amidine groups is 1. The molecule has 1 fully saturated rings. The Labute approximate surface area is 158 Å². The molecule has 1 N–H and O–H groups in total. The number of nitrogens with one attached hydrogen (secondary N) is 1. The maximum absolute atomic E-state index is 12.2. The van der Waals surface area contributed by atoms with Crippen LogP contribution in [-0.4, -0.2) is 16.0 Å². The second-order valence-electron chi connectivity index (χ2n) is 5.87. The average molecular weight is 375 g/mol. The molecule has 7 heteroatoms. The summed E-state index contributed by atoms with van der Waals surface area (Å²) in [4.78, 5) is 27.6. The molecule has 3 aromatic rings. The van der Waals surface area contributed by atoms with Crippen LogP contribution in [0.25, 0.3) is 16.8 Å². The molecular weight excluding hydrogens is 362 g/mol. The number of thioether (sulfide) groups is 1. The van der Waals surface area contributed by atoms with E-state index in [-0.39, 0.29) is 11.6 Å². The number of carbonyl (C=O) groups excluding carboxylic acids is 1. The molecule has 0 spiro atoms. The van der Waals surface area contributed by atoms with Gasteiger partial charge in [-0.05, 0) is 46.3 Å². The van der Waals surface area contributed by atoms with Crippen molar-refractivity contribution in [2.45, 2.75) is 0 Å². The SMILES string of the molecule is O=C1NC(=Nc2ccc3ccccc3c2)SC1=Cc1cccc([N+](=O)[O-])c1. The number of hydrogen-bond donors (Lipinski definition) is 1. The lowest BCUT2D eigenvalue weighted by molar-refractivity contribution is -0.384. The van der Waals surface area contributed by atoms with E-state index in [1.165, 1.54) is 23.9 Å². The van der Waals surface area contributed by atoms with Gasteiger partial charge in [0.2, 0.25) is 0 Å². The Balaban J connectivity index is 1.60. The third-order valence-electron chi connectivity index (χ3n) is 3.99. The predicted molar refractivity (Wildman–Crippen MR) is 108 cm³/mol. The second-order valence-corrected chi connectivity index (χ2v) is 6.90. The van der Waals surface area contributed by atoms with Crippen LogP contribution in [0.15, 0.2) is 76.6 Å². The van der Waals surface area contributed by atoms with Gasteiger partial charge in [0.15, 0.2) is 5.17 Å². The van der Waals surface area contributed by atoms with Crippen LogP contribution in [0.5, 0.6) is 0 Å². The summed E-state index contributed by atoms with van der Waals surface area (Å²) in [7, 11) is 0. The van der Waals surface area contributed by atoms with Gasteiger partial charge in [-0.1, -0.05) is 42.5 Å². The highest BCUT2D eigenvalue weighted by atomic mass is 32.2. The van der Waals surface area contributed by atoms with E-state index in [0.717, 1.165) is 16.5 Å². The van der Waals surface area contributed by atoms with E-state index in [2.05, 4.69) is 10.3 Å². The van der Waals surface area contributed by atoms with Gasteiger partial charge in [-0.15, -0.1) is 0 Å². The first-order chi connectivity index (χ1) is 13.1. The van der Waals surface area contributed by atoms with Crippen LogP contribution in [0, 0.1) is 10.1 Å². The van der Waals surface area contributed by atoms with Crippen LogP contribution in [0.2, 0.25) is 0 Å². The fourth-order valence-electron chi connectivity index (χ4n) is 2.72. The molecule has 0 unspecified atom stereocenters. The number of amides is 1. The lowest BCUT2D eigenvalue weighted by atomic mass is 10.1. The summed E-state index contributed by atoms with van der Waals surface area (Å²) in [5.74, 6) is -0.272. The maximum Gasteiger partial charge on any atom is 0.270 e. The molecular formula is C20H13N3O3S. The number of nitro groups is 1. The van der Waals surface area contributed by atoms with Crippen LogP contribution >= 0.6 is 11.8 Å². The number of hydrogen-bond acceptors (Lipinski definition) is 5. The van der Waals surface area contributed by atoms with Gasteiger partial charge in [0.05, 0.1) is 15.5 Å². The van der Waals surface area contributed by atoms with Crippen molar-refractivity contribution in [3.8, 4) is 0 Å². The number of non-ortho nitro benzene ring substituents is 1. The monoisotopic (exact) mass is 375 g/mol. The molecule has 132 valence electrons. The summed E-state index contributed by atoms with van der Waals surface area (Å²) in [6.07, 6.45) is 1.62. The first-order valence-electron chi connectivity index (χ1n) is 8.11. The van der Waals surface area contributed by atoms with E-state index in [1.807, 2.05) is 42.5 Å². The van der Waals surface area contributed by atoms with E-state index in [1.54, 1.807) is 18.2 Å². The van der Waals surface area contributed by atoms with E-state index >= 15 is 0 Å². The Bertz CT molecular complexity index is 1140. The van der Waals surface area contributed by atoms with Gasteiger partial charge in [0, 0.05) is 12.1 Å². The Hall–Kier alpha value is -3.45. The molecule has 0 aliphatic carbocycles. The summed E-state index contributed by atoms with van der Waals surface area (Å²) in [6, 6.07) is 20.0. The van der Waals surface area contributed by atoms with E-state index in [4.69, 9.17) is 0 Å². The quantitative estimate of drug-likeness (QED) is 0.411.